The molecule has 6 atom stereocenters. The van der Waals surface area contributed by atoms with Crippen LogP contribution in [0.5, 0.6) is 0 Å². The SMILES string of the molecule is CCc1ccc([N+](=O)[O-])cc1N1C(=O)[C@@H]2[C@@H]3CC[C@@H]([C@H]4C[C@H]43)[C@@H]2C1=O. The Morgan fingerprint density at radius 1 is 1.08 bits per heavy atom. The Hall–Kier alpha value is -2.24. The van der Waals surface area contributed by atoms with E-state index in [1.54, 1.807) is 6.07 Å². The summed E-state index contributed by atoms with van der Waals surface area (Å²) in [6.45, 7) is 1.93. The highest BCUT2D eigenvalue weighted by Gasteiger charge is 2.68. The van der Waals surface area contributed by atoms with Gasteiger partial charge in [0, 0.05) is 12.1 Å². The van der Waals surface area contributed by atoms with Crippen LogP contribution >= 0.6 is 0 Å². The lowest BCUT2D eigenvalue weighted by Gasteiger charge is -2.42. The van der Waals surface area contributed by atoms with Gasteiger partial charge in [-0.3, -0.25) is 19.7 Å². The highest BCUT2D eigenvalue weighted by atomic mass is 16.6. The third-order valence-electron chi connectivity index (χ3n) is 7.05. The number of amides is 2. The van der Waals surface area contributed by atoms with Crippen molar-refractivity contribution in [2.75, 3.05) is 4.90 Å². The second-order valence-corrected chi connectivity index (χ2v) is 7.96. The van der Waals surface area contributed by atoms with Crippen molar-refractivity contribution >= 4 is 23.2 Å². The Labute approximate surface area is 145 Å². The first kappa shape index (κ1) is 15.0. The zero-order chi connectivity index (χ0) is 17.5. The highest BCUT2D eigenvalue weighted by Crippen LogP contribution is 2.68. The number of imide groups is 1. The van der Waals surface area contributed by atoms with E-state index < -0.39 is 4.92 Å². The summed E-state index contributed by atoms with van der Waals surface area (Å²) in [4.78, 5) is 38.4. The van der Waals surface area contributed by atoms with Crippen molar-refractivity contribution in [1.82, 2.24) is 0 Å². The summed E-state index contributed by atoms with van der Waals surface area (Å²) >= 11 is 0. The van der Waals surface area contributed by atoms with Crippen molar-refractivity contribution in [2.45, 2.75) is 32.6 Å². The van der Waals surface area contributed by atoms with Gasteiger partial charge in [0.2, 0.25) is 11.8 Å². The summed E-state index contributed by atoms with van der Waals surface area (Å²) in [5, 5.41) is 11.2. The van der Waals surface area contributed by atoms with E-state index in [4.69, 9.17) is 0 Å². The number of hydrogen-bond donors (Lipinski definition) is 0. The van der Waals surface area contributed by atoms with Crippen LogP contribution in [0.3, 0.4) is 0 Å². The number of aryl methyl sites for hydroxylation is 1. The predicted octanol–water partition coefficient (Wildman–Crippen LogP) is 2.94. The molecule has 2 bridgehead atoms. The average Bonchev–Trinajstić information content (AvgIpc) is 3.39. The van der Waals surface area contributed by atoms with Crippen molar-refractivity contribution in [3.8, 4) is 0 Å². The van der Waals surface area contributed by atoms with Gasteiger partial charge in [0.1, 0.15) is 0 Å². The zero-order valence-corrected chi connectivity index (χ0v) is 14.1. The minimum Gasteiger partial charge on any atom is -0.274 e. The van der Waals surface area contributed by atoms with E-state index >= 15 is 0 Å². The fraction of sp³-hybridized carbons (Fsp3) is 0.579. The molecule has 1 aromatic rings. The summed E-state index contributed by atoms with van der Waals surface area (Å²) in [6, 6.07) is 4.51. The molecule has 6 rings (SSSR count). The number of non-ortho nitro benzene ring substituents is 1. The first-order valence-corrected chi connectivity index (χ1v) is 9.18. The monoisotopic (exact) mass is 340 g/mol. The van der Waals surface area contributed by atoms with E-state index in [9.17, 15) is 19.7 Å². The smallest absolute Gasteiger partial charge is 0.271 e. The Morgan fingerprint density at radius 2 is 1.68 bits per heavy atom. The lowest BCUT2D eigenvalue weighted by molar-refractivity contribution is -0.384. The van der Waals surface area contributed by atoms with E-state index in [0.29, 0.717) is 35.8 Å². The van der Waals surface area contributed by atoms with E-state index in [0.717, 1.165) is 18.4 Å². The van der Waals surface area contributed by atoms with Gasteiger partial charge in [-0.2, -0.15) is 0 Å². The molecule has 25 heavy (non-hydrogen) atoms. The van der Waals surface area contributed by atoms with Gasteiger partial charge in [-0.05, 0) is 54.9 Å². The molecule has 1 heterocycles. The fourth-order valence-electron chi connectivity index (χ4n) is 5.95. The van der Waals surface area contributed by atoms with Gasteiger partial charge in [-0.25, -0.2) is 4.90 Å². The molecule has 130 valence electrons. The third-order valence-corrected chi connectivity index (χ3v) is 7.05. The number of nitro groups is 1. The zero-order valence-electron chi connectivity index (χ0n) is 14.1. The van der Waals surface area contributed by atoms with Gasteiger partial charge in [-0.1, -0.05) is 13.0 Å². The van der Waals surface area contributed by atoms with Crippen molar-refractivity contribution in [1.29, 1.82) is 0 Å². The van der Waals surface area contributed by atoms with Crippen LogP contribution in [-0.2, 0) is 16.0 Å². The lowest BCUT2D eigenvalue weighted by atomic mass is 9.59. The maximum atomic E-state index is 13.2. The number of carbonyl (C=O) groups excluding carboxylic acids is 2. The molecule has 6 heteroatoms. The van der Waals surface area contributed by atoms with Crippen LogP contribution < -0.4 is 4.90 Å². The first-order valence-electron chi connectivity index (χ1n) is 9.18. The van der Waals surface area contributed by atoms with Crippen LogP contribution in [0.1, 0.15) is 31.7 Å². The normalized spacial score (nSPS) is 37.9. The number of fused-ring (bicyclic) bond motifs is 1. The minimum atomic E-state index is -0.472. The number of carbonyl (C=O) groups is 2. The maximum absolute atomic E-state index is 13.2. The van der Waals surface area contributed by atoms with Crippen LogP contribution in [0, 0.1) is 45.6 Å². The number of rotatable bonds is 3. The number of benzene rings is 1. The third kappa shape index (κ3) is 1.85. The molecule has 1 aliphatic heterocycles. The van der Waals surface area contributed by atoms with Gasteiger partial charge < -0.3 is 0 Å². The standard InChI is InChI=1S/C19H20N2O4/c1-2-9-3-4-10(21(24)25)7-15(9)20-18(22)16-11-5-6-12(14-8-13(11)14)17(16)19(20)23/h3-4,7,11-14,16-17H,2,5-6,8H2,1H3/t11-,12+,13+,14-,16-,17+. The van der Waals surface area contributed by atoms with Crippen LogP contribution in [-0.4, -0.2) is 16.7 Å². The molecule has 5 aliphatic rings. The minimum absolute atomic E-state index is 0.0755. The molecule has 4 saturated carbocycles. The van der Waals surface area contributed by atoms with E-state index in [1.807, 2.05) is 6.92 Å². The Kier molecular flexibility index (Phi) is 2.95. The molecular formula is C19H20N2O4. The Bertz CT molecular complexity index is 786. The molecule has 1 saturated heterocycles. The summed E-state index contributed by atoms with van der Waals surface area (Å²) in [5.74, 6) is 1.31. The molecule has 0 spiro atoms. The Morgan fingerprint density at radius 3 is 2.20 bits per heavy atom. The van der Waals surface area contributed by atoms with Crippen LogP contribution in [0.4, 0.5) is 11.4 Å². The van der Waals surface area contributed by atoms with Crippen molar-refractivity contribution in [3.63, 3.8) is 0 Å². The van der Waals surface area contributed by atoms with Gasteiger partial charge in [-0.15, -0.1) is 0 Å². The van der Waals surface area contributed by atoms with E-state index in [-0.39, 0.29) is 29.3 Å². The molecule has 5 fully saturated rings. The topological polar surface area (TPSA) is 80.5 Å². The van der Waals surface area contributed by atoms with Crippen LogP contribution in [0.25, 0.3) is 0 Å². The number of anilines is 1. The molecule has 1 aromatic carbocycles. The molecular weight excluding hydrogens is 320 g/mol. The van der Waals surface area contributed by atoms with Gasteiger partial charge in [0.15, 0.2) is 0 Å². The fourth-order valence-corrected chi connectivity index (χ4v) is 5.95. The summed E-state index contributed by atoms with van der Waals surface area (Å²) in [6.07, 6.45) is 3.91. The molecule has 4 aliphatic carbocycles. The number of nitrogens with zero attached hydrogens (tertiary/aromatic N) is 2. The van der Waals surface area contributed by atoms with Gasteiger partial charge in [0.25, 0.3) is 5.69 Å². The predicted molar refractivity (Wildman–Crippen MR) is 89.8 cm³/mol. The number of hydrogen-bond acceptors (Lipinski definition) is 4. The molecule has 0 unspecified atom stereocenters. The number of nitro benzene ring substituents is 1. The van der Waals surface area contributed by atoms with Gasteiger partial charge in [0.05, 0.1) is 22.4 Å². The summed E-state index contributed by atoms with van der Waals surface area (Å²) in [7, 11) is 0. The first-order chi connectivity index (χ1) is 12.0. The summed E-state index contributed by atoms with van der Waals surface area (Å²) in [5.41, 5.74) is 1.16. The summed E-state index contributed by atoms with van der Waals surface area (Å²) < 4.78 is 0. The van der Waals surface area contributed by atoms with Crippen molar-refractivity contribution in [3.05, 3.63) is 33.9 Å². The maximum Gasteiger partial charge on any atom is 0.271 e. The quantitative estimate of drug-likeness (QED) is 0.481. The van der Waals surface area contributed by atoms with E-state index in [2.05, 4.69) is 0 Å². The average molecular weight is 340 g/mol. The largest absolute Gasteiger partial charge is 0.274 e. The van der Waals surface area contributed by atoms with Crippen LogP contribution in [0.15, 0.2) is 18.2 Å². The molecule has 2 amide bonds. The van der Waals surface area contributed by atoms with Crippen molar-refractivity contribution in [2.24, 2.45) is 35.5 Å². The molecule has 0 radical (unpaired) electrons. The lowest BCUT2D eigenvalue weighted by Crippen LogP contribution is -2.43. The van der Waals surface area contributed by atoms with Gasteiger partial charge >= 0.3 is 0 Å². The van der Waals surface area contributed by atoms with E-state index in [1.165, 1.54) is 23.5 Å². The highest BCUT2D eigenvalue weighted by molar-refractivity contribution is 6.23. The molecule has 0 aromatic heterocycles. The second-order valence-electron chi connectivity index (χ2n) is 7.96. The second kappa shape index (κ2) is 4.90. The van der Waals surface area contributed by atoms with Crippen LogP contribution in [0.2, 0.25) is 0 Å². The Balaban J connectivity index is 1.60. The molecule has 6 nitrogen and oxygen atoms in total. The molecule has 0 N–H and O–H groups in total. The van der Waals surface area contributed by atoms with Crippen molar-refractivity contribution < 1.29 is 14.5 Å².